The van der Waals surface area contributed by atoms with Crippen LogP contribution in [0.3, 0.4) is 0 Å². The Morgan fingerprint density at radius 3 is 2.59 bits per heavy atom. The molecule has 17 heavy (non-hydrogen) atoms. The molecule has 2 nitrogen and oxygen atoms in total. The predicted molar refractivity (Wildman–Crippen MR) is 73.5 cm³/mol. The summed E-state index contributed by atoms with van der Waals surface area (Å²) in [6.07, 6.45) is 1.89. The number of hydrogen-bond donors (Lipinski definition) is 1. The van der Waals surface area contributed by atoms with Crippen molar-refractivity contribution in [3.05, 3.63) is 42.5 Å². The quantitative estimate of drug-likeness (QED) is 0.797. The Morgan fingerprint density at radius 1 is 1.00 bits per heavy atom. The summed E-state index contributed by atoms with van der Waals surface area (Å²) >= 11 is 0. The highest BCUT2D eigenvalue weighted by atomic mass is 16.2. The normalized spacial score (nSPS) is 10.7. The van der Waals surface area contributed by atoms with Crippen LogP contribution in [0.15, 0.2) is 42.5 Å². The molecule has 0 unspecified atom stereocenters. The molecular formula is C15H19NO. The van der Waals surface area contributed by atoms with Crippen LogP contribution in [-0.2, 0) is 0 Å². The van der Waals surface area contributed by atoms with E-state index in [9.17, 15) is 0 Å². The van der Waals surface area contributed by atoms with Crippen LogP contribution >= 0.6 is 0 Å². The highest BCUT2D eigenvalue weighted by Crippen LogP contribution is 2.25. The Labute approximate surface area is 102 Å². The van der Waals surface area contributed by atoms with Crippen molar-refractivity contribution < 1.29 is 5.11 Å². The average molecular weight is 229 g/mol. The third kappa shape index (κ3) is 2.77. The van der Waals surface area contributed by atoms with Gasteiger partial charge in [-0.15, -0.1) is 0 Å². The minimum Gasteiger partial charge on any atom is -0.396 e. The summed E-state index contributed by atoms with van der Waals surface area (Å²) in [5.74, 6) is 0. The van der Waals surface area contributed by atoms with Gasteiger partial charge in [-0.05, 0) is 24.3 Å². The predicted octanol–water partition coefficient (Wildman–Crippen LogP) is 3.05. The molecule has 0 radical (unpaired) electrons. The van der Waals surface area contributed by atoms with Crippen molar-refractivity contribution in [3.8, 4) is 0 Å². The van der Waals surface area contributed by atoms with Gasteiger partial charge in [0, 0.05) is 31.3 Å². The second-order valence-electron chi connectivity index (χ2n) is 4.35. The fourth-order valence-electron chi connectivity index (χ4n) is 2.12. The molecule has 0 fully saturated rings. The third-order valence-electron chi connectivity index (χ3n) is 3.08. The minimum absolute atomic E-state index is 0.281. The summed E-state index contributed by atoms with van der Waals surface area (Å²) in [4.78, 5) is 2.26. The van der Waals surface area contributed by atoms with Crippen LogP contribution in [-0.4, -0.2) is 25.3 Å². The molecule has 2 aromatic carbocycles. The first-order valence-electron chi connectivity index (χ1n) is 6.12. The van der Waals surface area contributed by atoms with E-state index in [2.05, 4.69) is 54.4 Å². The first-order valence-corrected chi connectivity index (χ1v) is 6.12. The van der Waals surface area contributed by atoms with E-state index in [1.807, 2.05) is 0 Å². The van der Waals surface area contributed by atoms with Crippen LogP contribution in [0.4, 0.5) is 5.69 Å². The van der Waals surface area contributed by atoms with Crippen molar-refractivity contribution in [3.63, 3.8) is 0 Å². The summed E-state index contributed by atoms with van der Waals surface area (Å²) in [5.41, 5.74) is 1.26. The van der Waals surface area contributed by atoms with Gasteiger partial charge in [-0.2, -0.15) is 0 Å². The smallest absolute Gasteiger partial charge is 0.0443 e. The lowest BCUT2D eigenvalue weighted by Gasteiger charge is -2.21. The molecule has 0 aliphatic heterocycles. The molecule has 0 bridgehead atoms. The fourth-order valence-corrected chi connectivity index (χ4v) is 2.12. The second kappa shape index (κ2) is 5.69. The van der Waals surface area contributed by atoms with Gasteiger partial charge >= 0.3 is 0 Å². The summed E-state index contributed by atoms with van der Waals surface area (Å²) in [5, 5.41) is 11.4. The van der Waals surface area contributed by atoms with Crippen molar-refractivity contribution in [1.29, 1.82) is 0 Å². The Bertz CT molecular complexity index is 476. The number of fused-ring (bicyclic) bond motifs is 1. The zero-order chi connectivity index (χ0) is 12.1. The Hall–Kier alpha value is -1.54. The molecule has 2 rings (SSSR count). The van der Waals surface area contributed by atoms with E-state index in [4.69, 9.17) is 5.11 Å². The minimum atomic E-state index is 0.281. The van der Waals surface area contributed by atoms with Gasteiger partial charge in [0.2, 0.25) is 0 Å². The molecule has 0 saturated carbocycles. The summed E-state index contributed by atoms with van der Waals surface area (Å²) in [6.45, 7) is 1.26. The molecule has 90 valence electrons. The summed E-state index contributed by atoms with van der Waals surface area (Å²) in [7, 11) is 2.11. The van der Waals surface area contributed by atoms with Gasteiger partial charge < -0.3 is 10.0 Å². The van der Waals surface area contributed by atoms with E-state index in [1.165, 1.54) is 16.5 Å². The molecule has 0 heterocycles. The Morgan fingerprint density at radius 2 is 1.76 bits per heavy atom. The Kier molecular flexibility index (Phi) is 3.99. The average Bonchev–Trinajstić information content (AvgIpc) is 2.38. The van der Waals surface area contributed by atoms with Crippen LogP contribution in [0.5, 0.6) is 0 Å². The number of nitrogens with zero attached hydrogens (tertiary/aromatic N) is 1. The maximum Gasteiger partial charge on any atom is 0.0443 e. The van der Waals surface area contributed by atoms with Crippen molar-refractivity contribution in [2.24, 2.45) is 0 Å². The second-order valence-corrected chi connectivity index (χ2v) is 4.35. The molecule has 0 saturated heterocycles. The van der Waals surface area contributed by atoms with Crippen LogP contribution in [0.1, 0.15) is 12.8 Å². The van der Waals surface area contributed by atoms with E-state index < -0.39 is 0 Å². The van der Waals surface area contributed by atoms with E-state index in [1.54, 1.807) is 0 Å². The summed E-state index contributed by atoms with van der Waals surface area (Å²) < 4.78 is 0. The first-order chi connectivity index (χ1) is 8.33. The van der Waals surface area contributed by atoms with Gasteiger partial charge in [0.15, 0.2) is 0 Å². The first kappa shape index (κ1) is 11.9. The van der Waals surface area contributed by atoms with E-state index in [0.717, 1.165) is 19.4 Å². The Balaban J connectivity index is 2.22. The molecule has 2 heteroatoms. The number of anilines is 1. The molecule has 0 spiro atoms. The number of hydrogen-bond acceptors (Lipinski definition) is 2. The van der Waals surface area contributed by atoms with Crippen molar-refractivity contribution in [2.45, 2.75) is 12.8 Å². The largest absolute Gasteiger partial charge is 0.396 e. The molecule has 0 aliphatic carbocycles. The highest BCUT2D eigenvalue weighted by molar-refractivity contribution is 5.94. The molecule has 1 N–H and O–H groups in total. The van der Waals surface area contributed by atoms with Gasteiger partial charge in [0.05, 0.1) is 0 Å². The number of rotatable bonds is 5. The fraction of sp³-hybridized carbons (Fsp3) is 0.333. The van der Waals surface area contributed by atoms with Gasteiger partial charge in [0.1, 0.15) is 0 Å². The van der Waals surface area contributed by atoms with Crippen molar-refractivity contribution >= 4 is 16.5 Å². The monoisotopic (exact) mass is 229 g/mol. The SMILES string of the molecule is CN(CCCCO)c1cccc2ccccc12. The molecule has 0 amide bonds. The molecule has 0 aromatic heterocycles. The zero-order valence-corrected chi connectivity index (χ0v) is 10.3. The van der Waals surface area contributed by atoms with E-state index in [-0.39, 0.29) is 6.61 Å². The van der Waals surface area contributed by atoms with E-state index >= 15 is 0 Å². The molecule has 0 atom stereocenters. The van der Waals surface area contributed by atoms with Crippen LogP contribution < -0.4 is 4.90 Å². The lowest BCUT2D eigenvalue weighted by atomic mass is 10.1. The third-order valence-corrected chi connectivity index (χ3v) is 3.08. The van der Waals surface area contributed by atoms with Crippen molar-refractivity contribution in [1.82, 2.24) is 0 Å². The number of aliphatic hydroxyl groups excluding tert-OH is 1. The lowest BCUT2D eigenvalue weighted by molar-refractivity contribution is 0.285. The number of aliphatic hydroxyl groups is 1. The van der Waals surface area contributed by atoms with Gasteiger partial charge in [-0.1, -0.05) is 36.4 Å². The summed E-state index contributed by atoms with van der Waals surface area (Å²) in [6, 6.07) is 14.8. The lowest BCUT2D eigenvalue weighted by Crippen LogP contribution is -2.18. The zero-order valence-electron chi connectivity index (χ0n) is 10.3. The number of benzene rings is 2. The van der Waals surface area contributed by atoms with Crippen LogP contribution in [0, 0.1) is 0 Å². The standard InChI is InChI=1S/C15H19NO/c1-16(11-4-5-12-17)15-10-6-8-13-7-2-3-9-14(13)15/h2-3,6-10,17H,4-5,11-12H2,1H3. The van der Waals surface area contributed by atoms with Crippen molar-refractivity contribution in [2.75, 3.05) is 25.1 Å². The topological polar surface area (TPSA) is 23.5 Å². The highest BCUT2D eigenvalue weighted by Gasteiger charge is 2.04. The van der Waals surface area contributed by atoms with Gasteiger partial charge in [0.25, 0.3) is 0 Å². The van der Waals surface area contributed by atoms with E-state index in [0.29, 0.717) is 0 Å². The molecular weight excluding hydrogens is 210 g/mol. The van der Waals surface area contributed by atoms with Gasteiger partial charge in [-0.3, -0.25) is 0 Å². The molecule has 0 aliphatic rings. The maximum absolute atomic E-state index is 8.80. The molecule has 2 aromatic rings. The van der Waals surface area contributed by atoms with Crippen LogP contribution in [0.2, 0.25) is 0 Å². The maximum atomic E-state index is 8.80. The van der Waals surface area contributed by atoms with Gasteiger partial charge in [-0.25, -0.2) is 0 Å². The number of unbranched alkanes of at least 4 members (excludes halogenated alkanes) is 1. The van der Waals surface area contributed by atoms with Crippen LogP contribution in [0.25, 0.3) is 10.8 Å².